The van der Waals surface area contributed by atoms with Crippen LogP contribution in [0.4, 0.5) is 5.69 Å². The highest BCUT2D eigenvalue weighted by Crippen LogP contribution is 2.42. The van der Waals surface area contributed by atoms with E-state index in [0.717, 1.165) is 43.2 Å². The second-order valence-corrected chi connectivity index (χ2v) is 10.8. The average molecular weight is 472 g/mol. The standard InChI is InChI=1S/C24H29N3O5S/c1-19-9-3-4-10-20(19)24(13-7-2-8-14-24)23(28)25-15-17-26(18-16-25)33(31,32)22-12-6-5-11-21(22)27(29)30/h3-6,9-12H,2,7-8,13-18H2,1H3. The van der Waals surface area contributed by atoms with Gasteiger partial charge < -0.3 is 4.90 Å². The summed E-state index contributed by atoms with van der Waals surface area (Å²) in [6.45, 7) is 2.81. The first kappa shape index (κ1) is 23.4. The van der Waals surface area contributed by atoms with Gasteiger partial charge in [-0.2, -0.15) is 4.31 Å². The number of sulfonamides is 1. The number of carbonyl (C=O) groups is 1. The van der Waals surface area contributed by atoms with Crippen LogP contribution in [0.5, 0.6) is 0 Å². The van der Waals surface area contributed by atoms with E-state index in [0.29, 0.717) is 0 Å². The predicted molar refractivity (Wildman–Crippen MR) is 124 cm³/mol. The number of amides is 1. The molecule has 0 spiro atoms. The molecule has 2 aromatic rings. The number of benzene rings is 2. The van der Waals surface area contributed by atoms with Gasteiger partial charge in [0.15, 0.2) is 4.90 Å². The lowest BCUT2D eigenvalue weighted by Crippen LogP contribution is -2.56. The van der Waals surface area contributed by atoms with Crippen molar-refractivity contribution in [1.29, 1.82) is 0 Å². The van der Waals surface area contributed by atoms with E-state index in [1.54, 1.807) is 4.90 Å². The summed E-state index contributed by atoms with van der Waals surface area (Å²) in [6.07, 6.45) is 4.69. The van der Waals surface area contributed by atoms with Gasteiger partial charge in [0.25, 0.3) is 5.69 Å². The van der Waals surface area contributed by atoms with E-state index in [-0.39, 0.29) is 37.0 Å². The SMILES string of the molecule is Cc1ccccc1C1(C(=O)N2CCN(S(=O)(=O)c3ccccc3[N+](=O)[O-])CC2)CCCCC1. The van der Waals surface area contributed by atoms with Crippen molar-refractivity contribution in [2.24, 2.45) is 0 Å². The maximum absolute atomic E-state index is 13.9. The molecule has 0 unspecified atom stereocenters. The van der Waals surface area contributed by atoms with Gasteiger partial charge >= 0.3 is 0 Å². The summed E-state index contributed by atoms with van der Waals surface area (Å²) in [7, 11) is -4.03. The Hall–Kier alpha value is -2.78. The predicted octanol–water partition coefficient (Wildman–Crippen LogP) is 3.64. The minimum Gasteiger partial charge on any atom is -0.339 e. The zero-order chi connectivity index (χ0) is 23.6. The molecule has 0 bridgehead atoms. The summed E-state index contributed by atoms with van der Waals surface area (Å²) in [4.78, 5) is 26.0. The first-order valence-electron chi connectivity index (χ1n) is 11.4. The van der Waals surface area contributed by atoms with E-state index in [4.69, 9.17) is 0 Å². The lowest BCUT2D eigenvalue weighted by atomic mass is 9.67. The molecule has 1 saturated carbocycles. The number of para-hydroxylation sites is 1. The van der Waals surface area contributed by atoms with E-state index in [1.807, 2.05) is 31.2 Å². The Morgan fingerprint density at radius 3 is 2.18 bits per heavy atom. The van der Waals surface area contributed by atoms with Crippen LogP contribution >= 0.6 is 0 Å². The fourth-order valence-electron chi connectivity index (χ4n) is 5.26. The van der Waals surface area contributed by atoms with Crippen LogP contribution in [-0.4, -0.2) is 54.6 Å². The van der Waals surface area contributed by atoms with Crippen molar-refractivity contribution in [3.63, 3.8) is 0 Å². The number of rotatable bonds is 5. The molecular formula is C24H29N3O5S. The Kier molecular flexibility index (Phi) is 6.54. The van der Waals surface area contributed by atoms with E-state index < -0.39 is 26.0 Å². The van der Waals surface area contributed by atoms with Crippen molar-refractivity contribution in [2.45, 2.75) is 49.3 Å². The molecule has 0 aromatic heterocycles. The van der Waals surface area contributed by atoms with Gasteiger partial charge in [-0.25, -0.2) is 8.42 Å². The fraction of sp³-hybridized carbons (Fsp3) is 0.458. The van der Waals surface area contributed by atoms with Crippen LogP contribution in [0.1, 0.15) is 43.2 Å². The average Bonchev–Trinajstić information content (AvgIpc) is 2.84. The second kappa shape index (κ2) is 9.23. The Morgan fingerprint density at radius 1 is 0.939 bits per heavy atom. The number of piperazine rings is 1. The molecule has 0 atom stereocenters. The summed E-state index contributed by atoms with van der Waals surface area (Å²) in [5.74, 6) is 0.0687. The molecule has 8 nitrogen and oxygen atoms in total. The molecule has 1 aliphatic heterocycles. The Balaban J connectivity index is 1.55. The van der Waals surface area contributed by atoms with Gasteiger partial charge in [-0.3, -0.25) is 14.9 Å². The highest BCUT2D eigenvalue weighted by atomic mass is 32.2. The summed E-state index contributed by atoms with van der Waals surface area (Å²) in [5.41, 5.74) is 1.18. The number of hydrogen-bond acceptors (Lipinski definition) is 5. The van der Waals surface area contributed by atoms with Gasteiger partial charge in [-0.1, -0.05) is 55.7 Å². The maximum atomic E-state index is 13.9. The molecule has 176 valence electrons. The number of hydrogen-bond donors (Lipinski definition) is 0. The lowest BCUT2D eigenvalue weighted by Gasteiger charge is -2.43. The quantitative estimate of drug-likeness (QED) is 0.490. The highest BCUT2D eigenvalue weighted by Gasteiger charge is 2.45. The van der Waals surface area contributed by atoms with Gasteiger partial charge in [-0.15, -0.1) is 0 Å². The van der Waals surface area contributed by atoms with Gasteiger partial charge in [0, 0.05) is 32.2 Å². The van der Waals surface area contributed by atoms with Crippen molar-refractivity contribution < 1.29 is 18.1 Å². The molecule has 2 aromatic carbocycles. The van der Waals surface area contributed by atoms with Gasteiger partial charge in [0.05, 0.1) is 10.3 Å². The van der Waals surface area contributed by atoms with E-state index in [9.17, 15) is 23.3 Å². The molecule has 1 saturated heterocycles. The van der Waals surface area contributed by atoms with Crippen molar-refractivity contribution in [3.05, 3.63) is 69.8 Å². The zero-order valence-corrected chi connectivity index (χ0v) is 19.6. The van der Waals surface area contributed by atoms with Crippen LogP contribution in [0.25, 0.3) is 0 Å². The molecule has 4 rings (SSSR count). The summed E-state index contributed by atoms with van der Waals surface area (Å²) < 4.78 is 27.5. The lowest BCUT2D eigenvalue weighted by molar-refractivity contribution is -0.387. The summed E-state index contributed by atoms with van der Waals surface area (Å²) in [6, 6.07) is 13.4. The number of nitro benzene ring substituents is 1. The Morgan fingerprint density at radius 2 is 1.55 bits per heavy atom. The topological polar surface area (TPSA) is 101 Å². The van der Waals surface area contributed by atoms with Crippen LogP contribution in [-0.2, 0) is 20.2 Å². The Bertz CT molecular complexity index is 1150. The monoisotopic (exact) mass is 471 g/mol. The minimum absolute atomic E-state index is 0.0687. The van der Waals surface area contributed by atoms with E-state index >= 15 is 0 Å². The first-order chi connectivity index (χ1) is 15.8. The second-order valence-electron chi connectivity index (χ2n) is 8.88. The molecule has 2 fully saturated rings. The summed E-state index contributed by atoms with van der Waals surface area (Å²) in [5, 5.41) is 11.3. The van der Waals surface area contributed by atoms with Crippen LogP contribution in [0.3, 0.4) is 0 Å². The largest absolute Gasteiger partial charge is 0.339 e. The summed E-state index contributed by atoms with van der Waals surface area (Å²) >= 11 is 0. The Labute approximate surface area is 194 Å². The van der Waals surface area contributed by atoms with Crippen molar-refractivity contribution in [1.82, 2.24) is 9.21 Å². The number of carbonyl (C=O) groups excluding carboxylic acids is 1. The van der Waals surface area contributed by atoms with Gasteiger partial charge in [-0.05, 0) is 37.0 Å². The van der Waals surface area contributed by atoms with Gasteiger partial charge in [0.2, 0.25) is 15.9 Å². The van der Waals surface area contributed by atoms with Crippen LogP contribution in [0, 0.1) is 17.0 Å². The molecule has 0 N–H and O–H groups in total. The molecular weight excluding hydrogens is 442 g/mol. The van der Waals surface area contributed by atoms with Crippen LogP contribution in [0.2, 0.25) is 0 Å². The zero-order valence-electron chi connectivity index (χ0n) is 18.8. The smallest absolute Gasteiger partial charge is 0.289 e. The fourth-order valence-corrected chi connectivity index (χ4v) is 6.84. The molecule has 2 aliphatic rings. The third-order valence-electron chi connectivity index (χ3n) is 6.98. The van der Waals surface area contributed by atoms with Crippen LogP contribution < -0.4 is 0 Å². The van der Waals surface area contributed by atoms with Crippen molar-refractivity contribution >= 4 is 21.6 Å². The molecule has 1 aliphatic carbocycles. The number of aryl methyl sites for hydroxylation is 1. The van der Waals surface area contributed by atoms with Crippen molar-refractivity contribution in [3.8, 4) is 0 Å². The molecule has 9 heteroatoms. The number of nitrogens with zero attached hydrogens (tertiary/aromatic N) is 3. The van der Waals surface area contributed by atoms with E-state index in [2.05, 4.69) is 0 Å². The third-order valence-corrected chi connectivity index (χ3v) is 8.93. The molecule has 33 heavy (non-hydrogen) atoms. The van der Waals surface area contributed by atoms with Crippen molar-refractivity contribution in [2.75, 3.05) is 26.2 Å². The first-order valence-corrected chi connectivity index (χ1v) is 12.8. The molecule has 0 radical (unpaired) electrons. The normalized spacial score (nSPS) is 19.2. The third kappa shape index (κ3) is 4.27. The molecule has 1 amide bonds. The highest BCUT2D eigenvalue weighted by molar-refractivity contribution is 7.89. The number of nitro groups is 1. The van der Waals surface area contributed by atoms with Gasteiger partial charge in [0.1, 0.15) is 0 Å². The van der Waals surface area contributed by atoms with E-state index in [1.165, 1.54) is 28.6 Å². The maximum Gasteiger partial charge on any atom is 0.289 e. The minimum atomic E-state index is -4.03. The molecule has 1 heterocycles. The van der Waals surface area contributed by atoms with Crippen LogP contribution in [0.15, 0.2) is 53.4 Å².